The number of nitrogens with one attached hydrogen (secondary N) is 1. The van der Waals surface area contributed by atoms with E-state index in [1.54, 1.807) is 19.3 Å². The van der Waals surface area contributed by atoms with Crippen molar-refractivity contribution >= 4 is 27.7 Å². The number of halogens is 1. The molecule has 6 heteroatoms. The van der Waals surface area contributed by atoms with Gasteiger partial charge in [0, 0.05) is 30.5 Å². The van der Waals surface area contributed by atoms with Gasteiger partial charge in [0.15, 0.2) is 0 Å². The Bertz CT molecular complexity index is 463. The highest BCUT2D eigenvalue weighted by Gasteiger charge is 2.15. The smallest absolute Gasteiger partial charge is 0.255 e. The van der Waals surface area contributed by atoms with Gasteiger partial charge in [-0.2, -0.15) is 0 Å². The number of nitrogens with zero attached hydrogens (tertiary/aromatic N) is 2. The van der Waals surface area contributed by atoms with Crippen LogP contribution in [0, 0.1) is 5.92 Å². The molecule has 0 aliphatic carbocycles. The molecule has 2 amide bonds. The molecule has 0 spiro atoms. The highest BCUT2D eigenvalue weighted by molar-refractivity contribution is 9.10. The number of pyridine rings is 1. The highest BCUT2D eigenvalue weighted by Crippen LogP contribution is 2.11. The fraction of sp³-hybridized carbons (Fsp3) is 0.462. The molecule has 1 aromatic heterocycles. The minimum Gasteiger partial charge on any atom is -0.354 e. The predicted octanol–water partition coefficient (Wildman–Crippen LogP) is 1.69. The summed E-state index contributed by atoms with van der Waals surface area (Å²) in [6.45, 7) is 4.68. The van der Waals surface area contributed by atoms with Gasteiger partial charge in [0.25, 0.3) is 5.91 Å². The van der Waals surface area contributed by atoms with E-state index in [1.807, 2.05) is 13.8 Å². The van der Waals surface area contributed by atoms with Crippen LogP contribution in [0.3, 0.4) is 0 Å². The quantitative estimate of drug-likeness (QED) is 0.895. The van der Waals surface area contributed by atoms with Gasteiger partial charge in [-0.15, -0.1) is 0 Å². The van der Waals surface area contributed by atoms with E-state index in [0.717, 1.165) is 4.47 Å². The van der Waals surface area contributed by atoms with Crippen LogP contribution in [-0.4, -0.2) is 41.8 Å². The Labute approximate surface area is 121 Å². The third kappa shape index (κ3) is 5.38. The Hall–Kier alpha value is -1.43. The molecule has 5 nitrogen and oxygen atoms in total. The molecule has 1 N–H and O–H groups in total. The summed E-state index contributed by atoms with van der Waals surface area (Å²) in [5, 5.41) is 2.77. The van der Waals surface area contributed by atoms with E-state index in [1.165, 1.54) is 11.1 Å². The Morgan fingerprint density at radius 1 is 1.42 bits per heavy atom. The van der Waals surface area contributed by atoms with Gasteiger partial charge in [0.1, 0.15) is 0 Å². The largest absolute Gasteiger partial charge is 0.354 e. The molecule has 0 saturated carbocycles. The molecule has 0 atom stereocenters. The van der Waals surface area contributed by atoms with Gasteiger partial charge >= 0.3 is 0 Å². The van der Waals surface area contributed by atoms with E-state index in [2.05, 4.69) is 26.2 Å². The van der Waals surface area contributed by atoms with Crippen LogP contribution in [0.5, 0.6) is 0 Å². The monoisotopic (exact) mass is 327 g/mol. The molecule has 0 bridgehead atoms. The first-order valence-electron chi connectivity index (χ1n) is 6.03. The van der Waals surface area contributed by atoms with Crippen molar-refractivity contribution in [1.82, 2.24) is 15.2 Å². The number of hydrogen-bond acceptors (Lipinski definition) is 3. The van der Waals surface area contributed by atoms with Gasteiger partial charge in [-0.25, -0.2) is 0 Å². The van der Waals surface area contributed by atoms with E-state index in [9.17, 15) is 9.59 Å². The molecule has 104 valence electrons. The van der Waals surface area contributed by atoms with E-state index >= 15 is 0 Å². The molecule has 19 heavy (non-hydrogen) atoms. The van der Waals surface area contributed by atoms with Crippen molar-refractivity contribution in [2.45, 2.75) is 13.8 Å². The fourth-order valence-electron chi connectivity index (χ4n) is 1.41. The summed E-state index contributed by atoms with van der Waals surface area (Å²) >= 11 is 3.26. The first-order valence-corrected chi connectivity index (χ1v) is 6.82. The maximum Gasteiger partial charge on any atom is 0.255 e. The lowest BCUT2D eigenvalue weighted by Crippen LogP contribution is -2.39. The Morgan fingerprint density at radius 2 is 2.11 bits per heavy atom. The maximum absolute atomic E-state index is 12.1. The molecule has 0 aliphatic heterocycles. The molecular weight excluding hydrogens is 310 g/mol. The van der Waals surface area contributed by atoms with Crippen molar-refractivity contribution in [2.24, 2.45) is 5.92 Å². The van der Waals surface area contributed by atoms with Crippen molar-refractivity contribution in [1.29, 1.82) is 0 Å². The zero-order valence-electron chi connectivity index (χ0n) is 11.3. The standard InChI is InChI=1S/C13H18BrN3O2/c1-9(2)5-16-12(18)8-17(3)13(19)10-4-11(14)7-15-6-10/h4,6-7,9H,5,8H2,1-3H3,(H,16,18). The van der Waals surface area contributed by atoms with E-state index < -0.39 is 0 Å². The summed E-state index contributed by atoms with van der Waals surface area (Å²) in [4.78, 5) is 29.0. The molecule has 0 aliphatic rings. The second-order valence-corrected chi connectivity index (χ2v) is 5.67. The summed E-state index contributed by atoms with van der Waals surface area (Å²) in [6, 6.07) is 1.68. The summed E-state index contributed by atoms with van der Waals surface area (Å²) in [7, 11) is 1.60. The third-order valence-corrected chi connectivity index (χ3v) is 2.82. The van der Waals surface area contributed by atoms with Crippen LogP contribution in [0.2, 0.25) is 0 Å². The number of carbonyl (C=O) groups is 2. The lowest BCUT2D eigenvalue weighted by atomic mass is 10.2. The number of amides is 2. The van der Waals surface area contributed by atoms with E-state index in [0.29, 0.717) is 18.0 Å². The van der Waals surface area contributed by atoms with Crippen LogP contribution in [0.25, 0.3) is 0 Å². The van der Waals surface area contributed by atoms with Gasteiger partial charge in [-0.05, 0) is 27.9 Å². The number of carbonyl (C=O) groups excluding carboxylic acids is 2. The molecule has 0 saturated heterocycles. The zero-order chi connectivity index (χ0) is 14.4. The lowest BCUT2D eigenvalue weighted by Gasteiger charge is -2.17. The van der Waals surface area contributed by atoms with Crippen molar-refractivity contribution in [3.63, 3.8) is 0 Å². The van der Waals surface area contributed by atoms with Crippen LogP contribution in [0.4, 0.5) is 0 Å². The Kier molecular flexibility index (Phi) is 5.95. The van der Waals surface area contributed by atoms with Gasteiger partial charge in [0.05, 0.1) is 12.1 Å². The molecule has 1 heterocycles. The predicted molar refractivity (Wildman–Crippen MR) is 76.7 cm³/mol. The fourth-order valence-corrected chi connectivity index (χ4v) is 1.78. The molecule has 1 rings (SSSR count). The maximum atomic E-state index is 12.1. The summed E-state index contributed by atoms with van der Waals surface area (Å²) in [6.07, 6.45) is 3.09. The van der Waals surface area contributed by atoms with Crippen molar-refractivity contribution in [3.8, 4) is 0 Å². The summed E-state index contributed by atoms with van der Waals surface area (Å²) < 4.78 is 0.732. The van der Waals surface area contributed by atoms with Crippen LogP contribution in [-0.2, 0) is 4.79 Å². The molecule has 0 unspecified atom stereocenters. The van der Waals surface area contributed by atoms with Crippen LogP contribution in [0.15, 0.2) is 22.9 Å². The molecule has 0 aromatic carbocycles. The molecule has 0 fully saturated rings. The number of likely N-dealkylation sites (N-methyl/N-ethyl adjacent to an activating group) is 1. The number of aromatic nitrogens is 1. The van der Waals surface area contributed by atoms with Gasteiger partial charge < -0.3 is 10.2 Å². The third-order valence-electron chi connectivity index (χ3n) is 2.39. The Morgan fingerprint density at radius 3 is 2.68 bits per heavy atom. The molecule has 0 radical (unpaired) electrons. The zero-order valence-corrected chi connectivity index (χ0v) is 12.9. The molecular formula is C13H18BrN3O2. The van der Waals surface area contributed by atoms with Crippen molar-refractivity contribution in [2.75, 3.05) is 20.1 Å². The number of hydrogen-bond donors (Lipinski definition) is 1. The molecule has 1 aromatic rings. The highest BCUT2D eigenvalue weighted by atomic mass is 79.9. The van der Waals surface area contributed by atoms with Crippen LogP contribution < -0.4 is 5.32 Å². The second kappa shape index (κ2) is 7.23. The normalized spacial score (nSPS) is 10.4. The Balaban J connectivity index is 2.55. The average Bonchev–Trinajstić information content (AvgIpc) is 2.35. The van der Waals surface area contributed by atoms with E-state index in [4.69, 9.17) is 0 Å². The van der Waals surface area contributed by atoms with Crippen LogP contribution >= 0.6 is 15.9 Å². The van der Waals surface area contributed by atoms with E-state index in [-0.39, 0.29) is 18.4 Å². The minimum absolute atomic E-state index is 0.0397. The van der Waals surface area contributed by atoms with Gasteiger partial charge in [0.2, 0.25) is 5.91 Å². The second-order valence-electron chi connectivity index (χ2n) is 4.75. The lowest BCUT2D eigenvalue weighted by molar-refractivity contribution is -0.121. The number of rotatable bonds is 5. The first-order chi connectivity index (χ1) is 8.90. The van der Waals surface area contributed by atoms with Crippen LogP contribution in [0.1, 0.15) is 24.2 Å². The summed E-state index contributed by atoms with van der Waals surface area (Å²) in [5.74, 6) is 0.000222. The summed E-state index contributed by atoms with van der Waals surface area (Å²) in [5.41, 5.74) is 0.452. The topological polar surface area (TPSA) is 62.3 Å². The first kappa shape index (κ1) is 15.6. The van der Waals surface area contributed by atoms with Crippen molar-refractivity contribution < 1.29 is 9.59 Å². The van der Waals surface area contributed by atoms with Gasteiger partial charge in [-0.3, -0.25) is 14.6 Å². The minimum atomic E-state index is -0.228. The average molecular weight is 328 g/mol. The SMILES string of the molecule is CC(C)CNC(=O)CN(C)C(=O)c1cncc(Br)c1. The van der Waals surface area contributed by atoms with Gasteiger partial charge in [-0.1, -0.05) is 13.8 Å². The van der Waals surface area contributed by atoms with Crippen molar-refractivity contribution in [3.05, 3.63) is 28.5 Å².